The Labute approximate surface area is 180 Å². The molecule has 0 saturated heterocycles. The number of nitrogens with zero attached hydrogens (tertiary/aromatic N) is 2. The minimum Gasteiger partial charge on any atom is -0.309 e. The molecule has 4 nitrogen and oxygen atoms in total. The number of carbonyl (C=O) groups is 1. The van der Waals surface area contributed by atoms with Gasteiger partial charge in [-0.15, -0.1) is 0 Å². The second-order valence-electron chi connectivity index (χ2n) is 6.93. The zero-order chi connectivity index (χ0) is 20.8. The summed E-state index contributed by atoms with van der Waals surface area (Å²) in [5.41, 5.74) is 4.48. The van der Waals surface area contributed by atoms with Gasteiger partial charge in [0.15, 0.2) is 5.82 Å². The van der Waals surface area contributed by atoms with E-state index in [2.05, 4.69) is 10.3 Å². The number of aromatic nitrogens is 2. The molecule has 148 valence electrons. The van der Waals surface area contributed by atoms with Crippen molar-refractivity contribution in [2.45, 2.75) is 12.8 Å². The predicted molar refractivity (Wildman–Crippen MR) is 121 cm³/mol. The lowest BCUT2D eigenvalue weighted by atomic mass is 10.1. The van der Waals surface area contributed by atoms with Gasteiger partial charge >= 0.3 is 0 Å². The van der Waals surface area contributed by atoms with Gasteiger partial charge in [0.05, 0.1) is 24.0 Å². The fourth-order valence-electron chi connectivity index (χ4n) is 3.16. The van der Waals surface area contributed by atoms with E-state index < -0.39 is 0 Å². The zero-order valence-corrected chi connectivity index (χ0v) is 17.0. The van der Waals surface area contributed by atoms with E-state index in [1.807, 2.05) is 72.8 Å². The van der Waals surface area contributed by atoms with E-state index in [1.54, 1.807) is 18.3 Å². The quantitative estimate of drug-likeness (QED) is 0.449. The second kappa shape index (κ2) is 9.33. The van der Waals surface area contributed by atoms with Crippen LogP contribution < -0.4 is 5.32 Å². The molecule has 0 saturated carbocycles. The fourth-order valence-corrected chi connectivity index (χ4v) is 3.28. The SMILES string of the molecule is O=C(Cc1ccc(Cl)cc1)Nc1ncc(-c2ccccc2)nc1Cc1ccccc1. The summed E-state index contributed by atoms with van der Waals surface area (Å²) in [7, 11) is 0. The maximum Gasteiger partial charge on any atom is 0.229 e. The van der Waals surface area contributed by atoms with Crippen LogP contribution in [0.4, 0.5) is 5.82 Å². The summed E-state index contributed by atoms with van der Waals surface area (Å²) in [5, 5.41) is 3.57. The normalized spacial score (nSPS) is 10.6. The van der Waals surface area contributed by atoms with E-state index in [0.29, 0.717) is 17.3 Å². The molecule has 4 aromatic rings. The average molecular weight is 414 g/mol. The van der Waals surface area contributed by atoms with E-state index in [1.165, 1.54) is 0 Å². The highest BCUT2D eigenvalue weighted by Crippen LogP contribution is 2.22. The lowest BCUT2D eigenvalue weighted by molar-refractivity contribution is -0.115. The maximum atomic E-state index is 12.6. The van der Waals surface area contributed by atoms with Gasteiger partial charge in [-0.1, -0.05) is 84.4 Å². The Balaban J connectivity index is 1.60. The smallest absolute Gasteiger partial charge is 0.229 e. The number of carbonyl (C=O) groups excluding carboxylic acids is 1. The van der Waals surface area contributed by atoms with Crippen LogP contribution in [-0.2, 0) is 17.6 Å². The Hall–Kier alpha value is -3.50. The van der Waals surface area contributed by atoms with Crippen molar-refractivity contribution in [3.8, 4) is 11.3 Å². The van der Waals surface area contributed by atoms with Crippen molar-refractivity contribution in [2.24, 2.45) is 0 Å². The Morgan fingerprint density at radius 3 is 2.20 bits per heavy atom. The number of rotatable bonds is 6. The Kier molecular flexibility index (Phi) is 6.16. The first-order chi connectivity index (χ1) is 14.7. The van der Waals surface area contributed by atoms with Gasteiger partial charge in [-0.2, -0.15) is 0 Å². The van der Waals surface area contributed by atoms with Gasteiger partial charge in [0.2, 0.25) is 5.91 Å². The molecule has 0 spiro atoms. The standard InChI is InChI=1S/C25H20ClN3O/c26-21-13-11-19(12-14-21)16-24(30)29-25-22(15-18-7-3-1-4-8-18)28-23(17-27-25)20-9-5-2-6-10-20/h1-14,17H,15-16H2,(H,27,29,30). The first-order valence-electron chi connectivity index (χ1n) is 9.67. The van der Waals surface area contributed by atoms with Gasteiger partial charge < -0.3 is 5.32 Å². The number of anilines is 1. The van der Waals surface area contributed by atoms with Crippen LogP contribution in [0.3, 0.4) is 0 Å². The van der Waals surface area contributed by atoms with Gasteiger partial charge in [-0.25, -0.2) is 9.97 Å². The molecule has 5 heteroatoms. The Morgan fingerprint density at radius 2 is 1.50 bits per heavy atom. The van der Waals surface area contributed by atoms with Crippen LogP contribution in [0.1, 0.15) is 16.8 Å². The Morgan fingerprint density at radius 1 is 0.833 bits per heavy atom. The van der Waals surface area contributed by atoms with E-state index >= 15 is 0 Å². The van der Waals surface area contributed by atoms with Crippen LogP contribution in [0.15, 0.2) is 91.1 Å². The lowest BCUT2D eigenvalue weighted by Gasteiger charge is -2.12. The van der Waals surface area contributed by atoms with Gasteiger partial charge in [-0.3, -0.25) is 4.79 Å². The third-order valence-electron chi connectivity index (χ3n) is 4.66. The lowest BCUT2D eigenvalue weighted by Crippen LogP contribution is -2.17. The minimum absolute atomic E-state index is 0.145. The van der Waals surface area contributed by atoms with E-state index in [9.17, 15) is 4.79 Å². The summed E-state index contributed by atoms with van der Waals surface area (Å²) in [6, 6.07) is 27.2. The predicted octanol–water partition coefficient (Wildman–Crippen LogP) is 5.57. The first-order valence-corrected chi connectivity index (χ1v) is 10.0. The van der Waals surface area contributed by atoms with E-state index in [4.69, 9.17) is 16.6 Å². The number of benzene rings is 3. The molecule has 4 rings (SSSR count). The third kappa shape index (κ3) is 5.10. The number of amides is 1. The Bertz CT molecular complexity index is 1130. The number of hydrogen-bond acceptors (Lipinski definition) is 3. The molecule has 3 aromatic carbocycles. The summed E-state index contributed by atoms with van der Waals surface area (Å²) in [6.07, 6.45) is 2.51. The molecule has 1 amide bonds. The molecule has 0 aliphatic carbocycles. The molecule has 0 aliphatic heterocycles. The van der Waals surface area contributed by atoms with Crippen LogP contribution in [0.5, 0.6) is 0 Å². The highest BCUT2D eigenvalue weighted by Gasteiger charge is 2.13. The van der Waals surface area contributed by atoms with Crippen molar-refractivity contribution in [3.63, 3.8) is 0 Å². The summed E-state index contributed by atoms with van der Waals surface area (Å²) in [4.78, 5) is 22.0. The molecule has 30 heavy (non-hydrogen) atoms. The summed E-state index contributed by atoms with van der Waals surface area (Å²) in [6.45, 7) is 0. The highest BCUT2D eigenvalue weighted by atomic mass is 35.5. The van der Waals surface area contributed by atoms with E-state index in [-0.39, 0.29) is 12.3 Å². The molecule has 0 fully saturated rings. The van der Waals surface area contributed by atoms with Crippen LogP contribution in [0.2, 0.25) is 5.02 Å². The van der Waals surface area contributed by atoms with Crippen molar-refractivity contribution in [3.05, 3.63) is 113 Å². The van der Waals surface area contributed by atoms with Gasteiger partial charge in [-0.05, 0) is 23.3 Å². The molecular weight excluding hydrogens is 394 g/mol. The number of hydrogen-bond donors (Lipinski definition) is 1. The van der Waals surface area contributed by atoms with Gasteiger partial charge in [0.1, 0.15) is 0 Å². The molecule has 0 bridgehead atoms. The third-order valence-corrected chi connectivity index (χ3v) is 4.92. The summed E-state index contributed by atoms with van der Waals surface area (Å²) in [5.74, 6) is 0.339. The van der Waals surface area contributed by atoms with Gasteiger partial charge in [0, 0.05) is 17.0 Å². The topological polar surface area (TPSA) is 54.9 Å². The molecule has 0 unspecified atom stereocenters. The summed E-state index contributed by atoms with van der Waals surface area (Å²) < 4.78 is 0. The van der Waals surface area contributed by atoms with Crippen molar-refractivity contribution < 1.29 is 4.79 Å². The highest BCUT2D eigenvalue weighted by molar-refractivity contribution is 6.30. The van der Waals surface area contributed by atoms with Crippen LogP contribution in [0, 0.1) is 0 Å². The number of nitrogens with one attached hydrogen (secondary N) is 1. The minimum atomic E-state index is -0.145. The fraction of sp³-hybridized carbons (Fsp3) is 0.0800. The molecule has 0 radical (unpaired) electrons. The largest absolute Gasteiger partial charge is 0.309 e. The van der Waals surface area contributed by atoms with Crippen molar-refractivity contribution in [2.75, 3.05) is 5.32 Å². The molecule has 0 atom stereocenters. The zero-order valence-electron chi connectivity index (χ0n) is 16.3. The van der Waals surface area contributed by atoms with Crippen LogP contribution >= 0.6 is 11.6 Å². The monoisotopic (exact) mass is 413 g/mol. The molecule has 0 aliphatic rings. The van der Waals surface area contributed by atoms with Crippen molar-refractivity contribution in [1.82, 2.24) is 9.97 Å². The molecular formula is C25H20ClN3O. The molecule has 1 heterocycles. The van der Waals surface area contributed by atoms with Crippen LogP contribution in [-0.4, -0.2) is 15.9 Å². The summed E-state index contributed by atoms with van der Waals surface area (Å²) >= 11 is 5.92. The van der Waals surface area contributed by atoms with Crippen LogP contribution in [0.25, 0.3) is 11.3 Å². The second-order valence-corrected chi connectivity index (χ2v) is 7.37. The maximum absolute atomic E-state index is 12.6. The number of halogens is 1. The molecule has 1 N–H and O–H groups in total. The van der Waals surface area contributed by atoms with Gasteiger partial charge in [0.25, 0.3) is 0 Å². The van der Waals surface area contributed by atoms with E-state index in [0.717, 1.165) is 28.1 Å². The first kappa shape index (κ1) is 19.8. The van der Waals surface area contributed by atoms with Crippen molar-refractivity contribution in [1.29, 1.82) is 0 Å². The van der Waals surface area contributed by atoms with Crippen molar-refractivity contribution >= 4 is 23.3 Å². The molecule has 1 aromatic heterocycles. The average Bonchev–Trinajstić information content (AvgIpc) is 2.78.